The fourth-order valence-corrected chi connectivity index (χ4v) is 2.96. The average Bonchev–Trinajstić information content (AvgIpc) is 2.65. The molecule has 1 aromatic rings. The molecule has 0 spiro atoms. The van der Waals surface area contributed by atoms with Gasteiger partial charge in [-0.15, -0.1) is 10.1 Å². The summed E-state index contributed by atoms with van der Waals surface area (Å²) in [7, 11) is 0. The zero-order chi connectivity index (χ0) is 24.1. The minimum absolute atomic E-state index is 0.0151. The molecule has 0 amide bonds. The molecule has 0 saturated heterocycles. The number of rotatable bonds is 8. The van der Waals surface area contributed by atoms with E-state index in [1.807, 2.05) is 0 Å². The van der Waals surface area contributed by atoms with Gasteiger partial charge in [0.1, 0.15) is 11.9 Å². The van der Waals surface area contributed by atoms with Crippen LogP contribution in [0.3, 0.4) is 0 Å². The molecule has 0 fully saturated rings. The molecule has 176 valence electrons. The van der Waals surface area contributed by atoms with Crippen molar-refractivity contribution in [3.05, 3.63) is 43.4 Å². The zero-order valence-electron chi connectivity index (χ0n) is 16.0. The van der Waals surface area contributed by atoms with Crippen molar-refractivity contribution in [2.45, 2.75) is 31.7 Å². The summed E-state index contributed by atoms with van der Waals surface area (Å²) in [5.74, 6) is -1.79. The van der Waals surface area contributed by atoms with E-state index in [1.165, 1.54) is 19.1 Å². The van der Waals surface area contributed by atoms with E-state index in [9.17, 15) is 32.9 Å². The van der Waals surface area contributed by atoms with Gasteiger partial charge in [-0.05, 0) is 25.1 Å². The Bertz CT molecular complexity index is 923. The van der Waals surface area contributed by atoms with Crippen molar-refractivity contribution in [3.8, 4) is 5.75 Å². The van der Waals surface area contributed by atoms with Gasteiger partial charge in [0, 0.05) is 17.0 Å². The van der Waals surface area contributed by atoms with Crippen molar-refractivity contribution in [3.63, 3.8) is 0 Å². The summed E-state index contributed by atoms with van der Waals surface area (Å²) in [6, 6.07) is 2.41. The van der Waals surface area contributed by atoms with Gasteiger partial charge in [0.05, 0.1) is 17.2 Å². The van der Waals surface area contributed by atoms with E-state index < -0.39 is 48.0 Å². The summed E-state index contributed by atoms with van der Waals surface area (Å²) in [6.45, 7) is -0.0340. The Kier molecular flexibility index (Phi) is 8.38. The third-order valence-corrected chi connectivity index (χ3v) is 4.28. The number of carbonyl (C=O) groups is 2. The smallest absolute Gasteiger partial charge is 0.474 e. The van der Waals surface area contributed by atoms with Crippen molar-refractivity contribution in [2.75, 3.05) is 13.4 Å². The van der Waals surface area contributed by atoms with E-state index in [1.54, 1.807) is 0 Å². The Labute approximate surface area is 187 Å². The van der Waals surface area contributed by atoms with Gasteiger partial charge in [-0.1, -0.05) is 23.2 Å². The first-order chi connectivity index (χ1) is 14.9. The van der Waals surface area contributed by atoms with Crippen molar-refractivity contribution in [1.82, 2.24) is 0 Å². The molecule has 0 aliphatic carbocycles. The Balaban J connectivity index is 1.96. The Morgan fingerprint density at radius 3 is 2.56 bits per heavy atom. The number of benzene rings is 1. The molecule has 1 aromatic carbocycles. The van der Waals surface area contributed by atoms with Gasteiger partial charge in [-0.3, -0.25) is 0 Å². The lowest BCUT2D eigenvalue weighted by Gasteiger charge is -2.28. The molecule has 0 saturated carbocycles. The second-order valence-corrected chi connectivity index (χ2v) is 7.01. The minimum Gasteiger partial charge on any atom is -0.474 e. The highest BCUT2D eigenvalue weighted by atomic mass is 35.5. The normalized spacial score (nSPS) is 16.1. The van der Waals surface area contributed by atoms with E-state index >= 15 is 0 Å². The second kappa shape index (κ2) is 10.6. The van der Waals surface area contributed by atoms with Gasteiger partial charge in [0.25, 0.3) is 5.09 Å². The SMILES string of the molecule is C[C@@H](CCOC(=O)OCOC(=O)C1=Cc2cc(Cl)cc(Cl)c2O[C@@H]1C(F)(F)F)O[N+](=O)[O-]. The van der Waals surface area contributed by atoms with Crippen LogP contribution >= 0.6 is 23.2 Å². The lowest BCUT2D eigenvalue weighted by Crippen LogP contribution is -2.41. The molecular weight excluding hydrogens is 490 g/mol. The first-order valence-electron chi connectivity index (χ1n) is 8.60. The zero-order valence-corrected chi connectivity index (χ0v) is 17.5. The predicted molar refractivity (Wildman–Crippen MR) is 100 cm³/mol. The van der Waals surface area contributed by atoms with Crippen LogP contribution in [-0.2, 0) is 23.8 Å². The lowest BCUT2D eigenvalue weighted by atomic mass is 10.0. The number of halogens is 5. The van der Waals surface area contributed by atoms with Crippen LogP contribution in [0.4, 0.5) is 18.0 Å². The van der Waals surface area contributed by atoms with Gasteiger partial charge >= 0.3 is 18.3 Å². The highest BCUT2D eigenvalue weighted by Gasteiger charge is 2.49. The Morgan fingerprint density at radius 2 is 1.94 bits per heavy atom. The molecule has 15 heteroatoms. The lowest BCUT2D eigenvalue weighted by molar-refractivity contribution is -0.767. The van der Waals surface area contributed by atoms with E-state index in [0.717, 1.165) is 6.08 Å². The van der Waals surface area contributed by atoms with Crippen molar-refractivity contribution < 1.29 is 51.6 Å². The molecule has 0 unspecified atom stereocenters. The fraction of sp³-hybridized carbons (Fsp3) is 0.412. The summed E-state index contributed by atoms with van der Waals surface area (Å²) < 4.78 is 58.6. The van der Waals surface area contributed by atoms with Crippen LogP contribution in [0, 0.1) is 10.1 Å². The standard InChI is InChI=1S/C17H14Cl2F3NO9/c1-8(32-23(26)27)2-3-28-16(25)30-7-29-15(24)11-5-9-4-10(18)6-12(19)13(9)31-14(11)17(20,21)22/h4-6,8,14H,2-3,7H2,1H3/t8-,14-/m0/s1. The van der Waals surface area contributed by atoms with Crippen LogP contribution in [0.1, 0.15) is 18.9 Å². The van der Waals surface area contributed by atoms with Crippen LogP contribution < -0.4 is 4.74 Å². The summed E-state index contributed by atoms with van der Waals surface area (Å²) in [5, 5.41) is 9.03. The largest absolute Gasteiger partial charge is 0.511 e. The molecule has 10 nitrogen and oxygen atoms in total. The van der Waals surface area contributed by atoms with Gasteiger partial charge < -0.3 is 23.8 Å². The Morgan fingerprint density at radius 1 is 1.25 bits per heavy atom. The summed E-state index contributed by atoms with van der Waals surface area (Å²) >= 11 is 11.7. The molecule has 2 atom stereocenters. The maximum atomic E-state index is 13.4. The van der Waals surface area contributed by atoms with Gasteiger partial charge in [-0.2, -0.15) is 13.2 Å². The molecule has 1 aliphatic rings. The number of nitrogens with zero attached hydrogens (tertiary/aromatic N) is 1. The topological polar surface area (TPSA) is 123 Å². The van der Waals surface area contributed by atoms with Crippen LogP contribution in [0.15, 0.2) is 17.7 Å². The third kappa shape index (κ3) is 7.05. The number of esters is 1. The fourth-order valence-electron chi connectivity index (χ4n) is 2.41. The monoisotopic (exact) mass is 503 g/mol. The number of hydrogen-bond acceptors (Lipinski definition) is 9. The Hall–Kier alpha value is -2.93. The van der Waals surface area contributed by atoms with E-state index in [0.29, 0.717) is 0 Å². The molecular formula is C17H14Cl2F3NO9. The summed E-state index contributed by atoms with van der Waals surface area (Å²) in [5.41, 5.74) is -0.910. The molecule has 0 bridgehead atoms. The molecule has 0 radical (unpaired) electrons. The first kappa shape index (κ1) is 25.3. The van der Waals surface area contributed by atoms with Crippen LogP contribution in [0.2, 0.25) is 10.0 Å². The molecule has 0 aromatic heterocycles. The number of alkyl halides is 3. The number of fused-ring (bicyclic) bond motifs is 1. The molecule has 2 rings (SSSR count). The third-order valence-electron chi connectivity index (χ3n) is 3.78. The number of carbonyl (C=O) groups excluding carboxylic acids is 2. The summed E-state index contributed by atoms with van der Waals surface area (Å²) in [4.78, 5) is 37.9. The number of hydrogen-bond donors (Lipinski definition) is 0. The van der Waals surface area contributed by atoms with Crippen molar-refractivity contribution in [2.24, 2.45) is 0 Å². The highest BCUT2D eigenvalue weighted by Crippen LogP contribution is 2.42. The molecule has 32 heavy (non-hydrogen) atoms. The van der Waals surface area contributed by atoms with E-state index in [2.05, 4.69) is 19.0 Å². The van der Waals surface area contributed by atoms with Crippen LogP contribution in [-0.4, -0.2) is 49.0 Å². The average molecular weight is 504 g/mol. The molecule has 0 N–H and O–H groups in total. The number of ether oxygens (including phenoxy) is 4. The van der Waals surface area contributed by atoms with Crippen molar-refractivity contribution in [1.29, 1.82) is 0 Å². The van der Waals surface area contributed by atoms with Gasteiger partial charge in [0.2, 0.25) is 12.9 Å². The van der Waals surface area contributed by atoms with Gasteiger partial charge in [0.15, 0.2) is 0 Å². The summed E-state index contributed by atoms with van der Waals surface area (Å²) in [6.07, 6.45) is -9.05. The quantitative estimate of drug-likeness (QED) is 0.220. The van der Waals surface area contributed by atoms with E-state index in [4.69, 9.17) is 27.9 Å². The van der Waals surface area contributed by atoms with Crippen LogP contribution in [0.5, 0.6) is 5.75 Å². The van der Waals surface area contributed by atoms with Crippen molar-refractivity contribution >= 4 is 41.4 Å². The first-order valence-corrected chi connectivity index (χ1v) is 9.36. The van der Waals surface area contributed by atoms with Gasteiger partial charge in [-0.25, -0.2) is 9.59 Å². The maximum absolute atomic E-state index is 13.4. The maximum Gasteiger partial charge on any atom is 0.511 e. The highest BCUT2D eigenvalue weighted by molar-refractivity contribution is 6.36. The predicted octanol–water partition coefficient (Wildman–Crippen LogP) is 4.34. The van der Waals surface area contributed by atoms with Crippen LogP contribution in [0.25, 0.3) is 6.08 Å². The molecule has 1 aliphatic heterocycles. The van der Waals surface area contributed by atoms with E-state index in [-0.39, 0.29) is 34.4 Å². The minimum atomic E-state index is -4.99. The second-order valence-electron chi connectivity index (χ2n) is 6.17. The molecule has 1 heterocycles.